The molecule has 0 bridgehead atoms. The highest BCUT2D eigenvalue weighted by Crippen LogP contribution is 2.30. The van der Waals surface area contributed by atoms with Crippen LogP contribution in [-0.2, 0) is 20.9 Å². The van der Waals surface area contributed by atoms with E-state index >= 15 is 0 Å². The predicted molar refractivity (Wildman–Crippen MR) is 86.4 cm³/mol. The van der Waals surface area contributed by atoms with Crippen molar-refractivity contribution in [1.82, 2.24) is 25.5 Å². The maximum absolute atomic E-state index is 12.0. The Morgan fingerprint density at radius 3 is 2.54 bits per heavy atom. The fraction of sp³-hybridized carbons (Fsp3) is 0.400. The lowest BCUT2D eigenvalue weighted by molar-refractivity contribution is -0.152. The molecule has 0 aliphatic carbocycles. The van der Waals surface area contributed by atoms with Gasteiger partial charge in [0.05, 0.1) is 14.2 Å². The number of nitrogens with zero attached hydrogens (tertiary/aromatic N) is 4. The Morgan fingerprint density at radius 1 is 1.18 bits per heavy atom. The molecule has 13 heteroatoms. The van der Waals surface area contributed by atoms with Crippen LogP contribution in [0, 0.1) is 0 Å². The van der Waals surface area contributed by atoms with Crippen LogP contribution in [0.3, 0.4) is 0 Å². The van der Waals surface area contributed by atoms with Crippen molar-refractivity contribution in [3.05, 3.63) is 18.2 Å². The fourth-order valence-electron chi connectivity index (χ4n) is 1.96. The molecule has 1 N–H and O–H groups in total. The molecule has 2 aromatic rings. The number of alkyl halides is 3. The minimum atomic E-state index is -4.55. The predicted octanol–water partition coefficient (Wildman–Crippen LogP) is 0.579. The molecule has 0 saturated carbocycles. The lowest BCUT2D eigenvalue weighted by Crippen LogP contribution is -2.36. The van der Waals surface area contributed by atoms with Crippen molar-refractivity contribution < 1.29 is 37.0 Å². The lowest BCUT2D eigenvalue weighted by Gasteiger charge is -2.08. The van der Waals surface area contributed by atoms with Crippen LogP contribution in [0.25, 0.3) is 11.4 Å². The van der Waals surface area contributed by atoms with E-state index in [-0.39, 0.29) is 5.82 Å². The van der Waals surface area contributed by atoms with Crippen LogP contribution in [-0.4, -0.2) is 65.6 Å². The zero-order valence-corrected chi connectivity index (χ0v) is 14.8. The molecule has 1 aromatic carbocycles. The second-order valence-corrected chi connectivity index (χ2v) is 5.27. The summed E-state index contributed by atoms with van der Waals surface area (Å²) in [5, 5.41) is 13.0. The Balaban J connectivity index is 1.90. The maximum atomic E-state index is 12.0. The van der Waals surface area contributed by atoms with Crippen LogP contribution in [0.5, 0.6) is 11.5 Å². The Bertz CT molecular complexity index is 840. The maximum Gasteiger partial charge on any atom is 0.405 e. The van der Waals surface area contributed by atoms with E-state index in [1.54, 1.807) is 23.5 Å². The summed E-state index contributed by atoms with van der Waals surface area (Å²) in [6.07, 6.45) is -4.55. The summed E-state index contributed by atoms with van der Waals surface area (Å²) in [5.74, 6) is -0.856. The smallest absolute Gasteiger partial charge is 0.405 e. The molecule has 0 aliphatic heterocycles. The van der Waals surface area contributed by atoms with Crippen molar-refractivity contribution in [3.8, 4) is 22.9 Å². The van der Waals surface area contributed by atoms with Crippen molar-refractivity contribution in [2.75, 3.05) is 27.4 Å². The van der Waals surface area contributed by atoms with Gasteiger partial charge in [-0.05, 0) is 23.4 Å². The van der Waals surface area contributed by atoms with Crippen molar-refractivity contribution in [2.45, 2.75) is 12.7 Å². The third-order valence-electron chi connectivity index (χ3n) is 3.22. The van der Waals surface area contributed by atoms with Crippen LogP contribution in [0.4, 0.5) is 13.2 Å². The molecule has 28 heavy (non-hydrogen) atoms. The number of methoxy groups -OCH3 is 2. The van der Waals surface area contributed by atoms with Gasteiger partial charge in [-0.2, -0.15) is 18.0 Å². The van der Waals surface area contributed by atoms with E-state index in [0.717, 1.165) is 4.80 Å². The number of carbonyl (C=O) groups excluding carboxylic acids is 2. The molecule has 1 amide bonds. The average molecular weight is 403 g/mol. The van der Waals surface area contributed by atoms with E-state index in [1.165, 1.54) is 14.2 Å². The topological polar surface area (TPSA) is 117 Å². The first-order valence-corrected chi connectivity index (χ1v) is 7.71. The second kappa shape index (κ2) is 9.01. The molecule has 152 valence electrons. The summed E-state index contributed by atoms with van der Waals surface area (Å²) in [6.45, 7) is -2.85. The van der Waals surface area contributed by atoms with Crippen molar-refractivity contribution in [3.63, 3.8) is 0 Å². The van der Waals surface area contributed by atoms with Crippen molar-refractivity contribution in [1.29, 1.82) is 0 Å². The quantitative estimate of drug-likeness (QED) is 0.636. The average Bonchev–Trinajstić information content (AvgIpc) is 3.11. The van der Waals surface area contributed by atoms with Crippen LogP contribution < -0.4 is 14.8 Å². The molecule has 0 atom stereocenters. The van der Waals surface area contributed by atoms with Crippen molar-refractivity contribution in [2.24, 2.45) is 0 Å². The number of halogens is 3. The van der Waals surface area contributed by atoms with Gasteiger partial charge in [0.15, 0.2) is 24.7 Å². The molecule has 2 rings (SSSR count). The number of nitrogens with one attached hydrogen (secondary N) is 1. The number of ether oxygens (including phenoxy) is 3. The molecule has 10 nitrogen and oxygen atoms in total. The summed E-state index contributed by atoms with van der Waals surface area (Å²) >= 11 is 0. The molecule has 1 aromatic heterocycles. The van der Waals surface area contributed by atoms with Crippen LogP contribution in [0.1, 0.15) is 0 Å². The first-order chi connectivity index (χ1) is 13.2. The zero-order chi connectivity index (χ0) is 20.7. The molecular weight excluding hydrogens is 387 g/mol. The van der Waals surface area contributed by atoms with Gasteiger partial charge in [0.2, 0.25) is 5.82 Å². The third-order valence-corrected chi connectivity index (χ3v) is 3.22. The normalized spacial score (nSPS) is 11.0. The van der Waals surface area contributed by atoms with E-state index in [4.69, 9.17) is 9.47 Å². The minimum Gasteiger partial charge on any atom is -0.493 e. The van der Waals surface area contributed by atoms with Gasteiger partial charge in [-0.15, -0.1) is 10.2 Å². The van der Waals surface area contributed by atoms with Gasteiger partial charge >= 0.3 is 12.1 Å². The molecule has 0 fully saturated rings. The molecule has 0 aliphatic rings. The first kappa shape index (κ1) is 20.9. The molecule has 1 heterocycles. The lowest BCUT2D eigenvalue weighted by atomic mass is 10.2. The number of benzene rings is 1. The van der Waals surface area contributed by atoms with E-state index in [9.17, 15) is 22.8 Å². The first-order valence-electron chi connectivity index (χ1n) is 7.71. The summed E-state index contributed by atoms with van der Waals surface area (Å²) in [5.41, 5.74) is 0.545. The molecule has 0 radical (unpaired) electrons. The highest BCUT2D eigenvalue weighted by Gasteiger charge is 2.27. The van der Waals surface area contributed by atoms with E-state index in [0.29, 0.717) is 17.1 Å². The molecule has 0 spiro atoms. The number of hydrogen-bond acceptors (Lipinski definition) is 8. The van der Waals surface area contributed by atoms with Gasteiger partial charge in [-0.1, -0.05) is 0 Å². The Hall–Kier alpha value is -3.38. The number of tetrazole rings is 1. The van der Waals surface area contributed by atoms with Crippen LogP contribution >= 0.6 is 0 Å². The Labute approximate surface area is 156 Å². The zero-order valence-electron chi connectivity index (χ0n) is 14.8. The van der Waals surface area contributed by atoms with Crippen LogP contribution in [0.2, 0.25) is 0 Å². The summed E-state index contributed by atoms with van der Waals surface area (Å²) in [7, 11) is 2.95. The van der Waals surface area contributed by atoms with Gasteiger partial charge in [0, 0.05) is 5.56 Å². The number of esters is 1. The van der Waals surface area contributed by atoms with Gasteiger partial charge in [0.25, 0.3) is 5.91 Å². The fourth-order valence-corrected chi connectivity index (χ4v) is 1.96. The molecular formula is C15H16F3N5O5. The Morgan fingerprint density at radius 2 is 1.89 bits per heavy atom. The summed E-state index contributed by atoms with van der Waals surface area (Å²) < 4.78 is 50.8. The molecule has 0 saturated heterocycles. The largest absolute Gasteiger partial charge is 0.493 e. The van der Waals surface area contributed by atoms with Gasteiger partial charge in [-0.3, -0.25) is 4.79 Å². The number of rotatable bonds is 8. The van der Waals surface area contributed by atoms with E-state index in [1.807, 2.05) is 0 Å². The summed E-state index contributed by atoms with van der Waals surface area (Å²) in [6, 6.07) is 4.91. The van der Waals surface area contributed by atoms with Gasteiger partial charge in [0.1, 0.15) is 6.54 Å². The number of carbonyl (C=O) groups is 2. The number of amides is 1. The monoisotopic (exact) mass is 403 g/mol. The minimum absolute atomic E-state index is 0.191. The Kier molecular flexibility index (Phi) is 6.74. The standard InChI is InChI=1S/C15H16F3N5O5/c1-26-10-4-3-9(5-11(10)27-2)14-20-22-23(21-14)6-13(25)28-7-12(24)19-8-15(16,17)18/h3-5H,6-8H2,1-2H3,(H,19,24). The SMILES string of the molecule is COc1ccc(-c2nnn(CC(=O)OCC(=O)NCC(F)(F)F)n2)cc1OC. The second-order valence-electron chi connectivity index (χ2n) is 5.27. The number of hydrogen-bond donors (Lipinski definition) is 1. The van der Waals surface area contributed by atoms with Crippen LogP contribution in [0.15, 0.2) is 18.2 Å². The molecule has 0 unspecified atom stereocenters. The van der Waals surface area contributed by atoms with E-state index < -0.39 is 37.7 Å². The van der Waals surface area contributed by atoms with Gasteiger partial charge in [-0.25, -0.2) is 4.79 Å². The van der Waals surface area contributed by atoms with Crippen molar-refractivity contribution >= 4 is 11.9 Å². The highest BCUT2D eigenvalue weighted by atomic mass is 19.4. The number of aromatic nitrogens is 4. The van der Waals surface area contributed by atoms with E-state index in [2.05, 4.69) is 20.1 Å². The highest BCUT2D eigenvalue weighted by molar-refractivity contribution is 5.80. The third kappa shape index (κ3) is 6.10. The van der Waals surface area contributed by atoms with Gasteiger partial charge < -0.3 is 19.5 Å². The summed E-state index contributed by atoms with van der Waals surface area (Å²) in [4.78, 5) is 23.8.